The Kier molecular flexibility index (Phi) is 5.46. The third kappa shape index (κ3) is 4.55. The summed E-state index contributed by atoms with van der Waals surface area (Å²) in [4.78, 5) is 12.2. The Balaban J connectivity index is 1.76. The monoisotopic (exact) mass is 407 g/mol. The molecule has 0 heterocycles. The molecule has 0 saturated carbocycles. The van der Waals surface area contributed by atoms with Crippen molar-refractivity contribution in [2.24, 2.45) is 0 Å². The van der Waals surface area contributed by atoms with Crippen molar-refractivity contribution in [3.05, 3.63) is 82.9 Å². The average molecular weight is 408 g/mol. The molecule has 0 bridgehead atoms. The fourth-order valence-corrected chi connectivity index (χ4v) is 2.61. The number of phenols is 1. The molecule has 3 aromatic carbocycles. The highest BCUT2D eigenvalue weighted by Crippen LogP contribution is 2.34. The summed E-state index contributed by atoms with van der Waals surface area (Å²) in [5.41, 5.74) is -0.503. The fraction of sp³-hybridized carbons (Fsp3) is 0.0500. The van der Waals surface area contributed by atoms with Gasteiger partial charge >= 0.3 is 6.18 Å². The molecule has 0 spiro atoms. The van der Waals surface area contributed by atoms with Gasteiger partial charge in [-0.25, -0.2) is 0 Å². The Morgan fingerprint density at radius 2 is 1.68 bits per heavy atom. The zero-order valence-electron chi connectivity index (χ0n) is 14.1. The van der Waals surface area contributed by atoms with E-state index >= 15 is 0 Å². The lowest BCUT2D eigenvalue weighted by Gasteiger charge is -2.12. The smallest absolute Gasteiger partial charge is 0.416 e. The van der Waals surface area contributed by atoms with Crippen molar-refractivity contribution in [3.63, 3.8) is 0 Å². The SMILES string of the molecule is O=C(Nc1ccc(Oc2cccc(C(F)(F)F)c2)cc1Cl)c1ccccc1O. The molecule has 0 aromatic heterocycles. The van der Waals surface area contributed by atoms with Crippen LogP contribution in [0, 0.1) is 0 Å². The van der Waals surface area contributed by atoms with E-state index in [1.54, 1.807) is 12.1 Å². The molecule has 2 N–H and O–H groups in total. The number of ether oxygens (including phenoxy) is 1. The molecule has 0 fully saturated rings. The van der Waals surface area contributed by atoms with Crippen LogP contribution in [0.1, 0.15) is 15.9 Å². The van der Waals surface area contributed by atoms with E-state index in [0.717, 1.165) is 12.1 Å². The van der Waals surface area contributed by atoms with Gasteiger partial charge in [-0.1, -0.05) is 29.8 Å². The van der Waals surface area contributed by atoms with Crippen molar-refractivity contribution in [1.82, 2.24) is 0 Å². The number of alkyl halides is 3. The lowest BCUT2D eigenvalue weighted by atomic mass is 10.2. The van der Waals surface area contributed by atoms with Gasteiger partial charge in [0.25, 0.3) is 5.91 Å². The highest BCUT2D eigenvalue weighted by molar-refractivity contribution is 6.34. The van der Waals surface area contributed by atoms with Gasteiger partial charge in [0, 0.05) is 6.07 Å². The molecule has 28 heavy (non-hydrogen) atoms. The second-order valence-corrected chi connectivity index (χ2v) is 6.15. The van der Waals surface area contributed by atoms with Crippen LogP contribution in [0.2, 0.25) is 5.02 Å². The van der Waals surface area contributed by atoms with E-state index in [-0.39, 0.29) is 33.5 Å². The number of halogens is 4. The van der Waals surface area contributed by atoms with Crippen molar-refractivity contribution in [2.45, 2.75) is 6.18 Å². The maximum atomic E-state index is 12.8. The van der Waals surface area contributed by atoms with Crippen LogP contribution in [0.15, 0.2) is 66.7 Å². The molecular weight excluding hydrogens is 395 g/mol. The minimum absolute atomic E-state index is 0.00288. The second kappa shape index (κ2) is 7.82. The van der Waals surface area contributed by atoms with Gasteiger partial charge in [0.15, 0.2) is 0 Å². The summed E-state index contributed by atoms with van der Waals surface area (Å²) in [5.74, 6) is -0.547. The lowest BCUT2D eigenvalue weighted by molar-refractivity contribution is -0.137. The maximum Gasteiger partial charge on any atom is 0.416 e. The number of benzene rings is 3. The van der Waals surface area contributed by atoms with Crippen LogP contribution in [0.4, 0.5) is 18.9 Å². The predicted octanol–water partition coefficient (Wildman–Crippen LogP) is 6.11. The van der Waals surface area contributed by atoms with Crippen LogP contribution < -0.4 is 10.1 Å². The molecule has 0 radical (unpaired) electrons. The number of phenolic OH excluding ortho intramolecular Hbond substituents is 1. The van der Waals surface area contributed by atoms with E-state index in [0.29, 0.717) is 0 Å². The van der Waals surface area contributed by atoms with Crippen LogP contribution in [-0.2, 0) is 6.18 Å². The van der Waals surface area contributed by atoms with E-state index in [1.165, 1.54) is 42.5 Å². The molecule has 1 amide bonds. The van der Waals surface area contributed by atoms with Gasteiger partial charge in [-0.3, -0.25) is 4.79 Å². The Morgan fingerprint density at radius 1 is 0.964 bits per heavy atom. The van der Waals surface area contributed by atoms with E-state index < -0.39 is 17.6 Å². The van der Waals surface area contributed by atoms with E-state index in [4.69, 9.17) is 16.3 Å². The van der Waals surface area contributed by atoms with E-state index in [2.05, 4.69) is 5.32 Å². The summed E-state index contributed by atoms with van der Waals surface area (Å²) in [6.07, 6.45) is -4.48. The Morgan fingerprint density at radius 3 is 2.36 bits per heavy atom. The van der Waals surface area contributed by atoms with E-state index in [1.807, 2.05) is 0 Å². The van der Waals surface area contributed by atoms with Crippen LogP contribution in [0.5, 0.6) is 17.2 Å². The zero-order chi connectivity index (χ0) is 20.3. The largest absolute Gasteiger partial charge is 0.507 e. The second-order valence-electron chi connectivity index (χ2n) is 5.74. The molecule has 0 unspecified atom stereocenters. The highest BCUT2D eigenvalue weighted by atomic mass is 35.5. The first kappa shape index (κ1) is 19.6. The molecular formula is C20H13ClF3NO3. The summed E-state index contributed by atoms with van der Waals surface area (Å²) in [6.45, 7) is 0. The fourth-order valence-electron chi connectivity index (χ4n) is 2.39. The number of nitrogens with one attached hydrogen (secondary N) is 1. The van der Waals surface area contributed by atoms with Crippen LogP contribution >= 0.6 is 11.6 Å². The van der Waals surface area contributed by atoms with Crippen molar-refractivity contribution in [2.75, 3.05) is 5.32 Å². The number of carbonyl (C=O) groups is 1. The normalized spacial score (nSPS) is 11.1. The van der Waals surface area contributed by atoms with Gasteiger partial charge in [-0.2, -0.15) is 13.2 Å². The maximum absolute atomic E-state index is 12.8. The van der Waals surface area contributed by atoms with Crippen molar-refractivity contribution < 1.29 is 27.8 Å². The van der Waals surface area contributed by atoms with Crippen molar-refractivity contribution in [3.8, 4) is 17.2 Å². The molecule has 0 aliphatic carbocycles. The first-order chi connectivity index (χ1) is 13.2. The molecule has 0 aliphatic rings. The molecule has 0 aliphatic heterocycles. The Bertz CT molecular complexity index is 1020. The standard InChI is InChI=1S/C20H13ClF3NO3/c21-16-11-14(28-13-5-3-4-12(10-13)20(22,23)24)8-9-17(16)25-19(27)15-6-1-2-7-18(15)26/h1-11,26H,(H,25,27). The Labute approximate surface area is 163 Å². The predicted molar refractivity (Wildman–Crippen MR) is 99.0 cm³/mol. The minimum atomic E-state index is -4.48. The molecule has 4 nitrogen and oxygen atoms in total. The summed E-state index contributed by atoms with van der Waals surface area (Å²) in [5, 5.41) is 12.4. The minimum Gasteiger partial charge on any atom is -0.507 e. The van der Waals surface area contributed by atoms with Gasteiger partial charge < -0.3 is 15.2 Å². The first-order valence-corrected chi connectivity index (χ1v) is 8.36. The third-order valence-corrected chi connectivity index (χ3v) is 4.05. The number of carbonyl (C=O) groups excluding carboxylic acids is 1. The average Bonchev–Trinajstić information content (AvgIpc) is 2.64. The molecule has 0 atom stereocenters. The summed E-state index contributed by atoms with van der Waals surface area (Å²) in [6, 6.07) is 14.7. The number of hydrogen-bond acceptors (Lipinski definition) is 3. The van der Waals surface area contributed by atoms with Gasteiger partial charge in [0.05, 0.1) is 21.8 Å². The molecule has 8 heteroatoms. The number of rotatable bonds is 4. The van der Waals surface area contributed by atoms with Crippen LogP contribution in [0.25, 0.3) is 0 Å². The van der Waals surface area contributed by atoms with Gasteiger partial charge in [0.2, 0.25) is 0 Å². The van der Waals surface area contributed by atoms with Crippen LogP contribution in [-0.4, -0.2) is 11.0 Å². The van der Waals surface area contributed by atoms with Gasteiger partial charge in [-0.05, 0) is 42.5 Å². The summed E-state index contributed by atoms with van der Waals surface area (Å²) < 4.78 is 43.8. The van der Waals surface area contributed by atoms with Crippen molar-refractivity contribution in [1.29, 1.82) is 0 Å². The summed E-state index contributed by atoms with van der Waals surface area (Å²) in [7, 11) is 0. The first-order valence-electron chi connectivity index (χ1n) is 7.98. The molecule has 3 aromatic rings. The third-order valence-electron chi connectivity index (χ3n) is 3.73. The number of amides is 1. The zero-order valence-corrected chi connectivity index (χ0v) is 14.9. The lowest BCUT2D eigenvalue weighted by Crippen LogP contribution is -2.12. The molecule has 0 saturated heterocycles. The molecule has 144 valence electrons. The number of anilines is 1. The van der Waals surface area contributed by atoms with Crippen LogP contribution in [0.3, 0.4) is 0 Å². The quantitative estimate of drug-likeness (QED) is 0.548. The topological polar surface area (TPSA) is 58.6 Å². The number of para-hydroxylation sites is 1. The number of hydrogen-bond donors (Lipinski definition) is 2. The highest BCUT2D eigenvalue weighted by Gasteiger charge is 2.30. The van der Waals surface area contributed by atoms with Crippen molar-refractivity contribution >= 4 is 23.2 Å². The van der Waals surface area contributed by atoms with E-state index in [9.17, 15) is 23.1 Å². The molecule has 3 rings (SSSR count). The Hall–Kier alpha value is -3.19. The van der Waals surface area contributed by atoms with Gasteiger partial charge in [0.1, 0.15) is 17.2 Å². The number of aromatic hydroxyl groups is 1. The summed E-state index contributed by atoms with van der Waals surface area (Å²) >= 11 is 6.13. The van der Waals surface area contributed by atoms with Gasteiger partial charge in [-0.15, -0.1) is 0 Å².